The maximum absolute atomic E-state index is 10.1. The molecule has 1 aliphatic rings. The molecule has 1 aromatic rings. The van der Waals surface area contributed by atoms with Crippen molar-refractivity contribution in [3.05, 3.63) is 58.7 Å². The first kappa shape index (κ1) is 10.6. The van der Waals surface area contributed by atoms with Crippen molar-refractivity contribution in [2.45, 2.75) is 19.4 Å². The average Bonchev–Trinajstić information content (AvgIpc) is 2.33. The van der Waals surface area contributed by atoms with E-state index >= 15 is 0 Å². The van der Waals surface area contributed by atoms with Crippen LogP contribution in [0.2, 0.25) is 0 Å². The Labute approximate surface area is 94.4 Å². The maximum atomic E-state index is 10.1. The van der Waals surface area contributed by atoms with E-state index in [1.54, 1.807) is 0 Å². The van der Waals surface area contributed by atoms with Crippen molar-refractivity contribution < 1.29 is 4.74 Å². The summed E-state index contributed by atoms with van der Waals surface area (Å²) in [6, 6.07) is 7.40. The molecule has 0 N–H and O–H groups in total. The first-order chi connectivity index (χ1) is 7.88. The fourth-order valence-corrected chi connectivity index (χ4v) is 1.54. The van der Waals surface area contributed by atoms with E-state index in [2.05, 4.69) is 17.3 Å². The molecule has 0 amide bonds. The van der Waals surface area contributed by atoms with Crippen LogP contribution in [0.4, 0.5) is 0 Å². The molecule has 82 valence electrons. The van der Waals surface area contributed by atoms with Crippen molar-refractivity contribution in [1.82, 2.24) is 0 Å². The number of hydrogen-bond donors (Lipinski definition) is 0. The van der Waals surface area contributed by atoms with Crippen LogP contribution in [0.15, 0.2) is 53.4 Å². The summed E-state index contributed by atoms with van der Waals surface area (Å²) in [4.78, 5) is 10.1. The molecule has 0 saturated heterocycles. The lowest BCUT2D eigenvalue weighted by Gasteiger charge is -2.09. The highest BCUT2D eigenvalue weighted by Gasteiger charge is 2.00. The number of allylic oxidation sites excluding steroid dienone is 3. The quantitative estimate of drug-likeness (QED) is 0.720. The van der Waals surface area contributed by atoms with Gasteiger partial charge in [0.1, 0.15) is 18.1 Å². The lowest BCUT2D eigenvalue weighted by molar-refractivity contribution is 0.439. The standard InChI is InChI=1S/C13H13NO2/c15-14-10-11-6-8-13(9-7-11)16-12-4-2-1-3-5-12/h2,4-9H,1,3,10H2. The van der Waals surface area contributed by atoms with E-state index in [-0.39, 0.29) is 6.54 Å². The number of ether oxygens (including phenoxy) is 1. The zero-order valence-corrected chi connectivity index (χ0v) is 8.93. The smallest absolute Gasteiger partial charge is 0.127 e. The number of hydrogen-bond acceptors (Lipinski definition) is 3. The van der Waals surface area contributed by atoms with Gasteiger partial charge < -0.3 is 4.74 Å². The molecule has 0 spiro atoms. The van der Waals surface area contributed by atoms with E-state index in [1.165, 1.54) is 0 Å². The summed E-state index contributed by atoms with van der Waals surface area (Å²) in [7, 11) is 0. The van der Waals surface area contributed by atoms with Gasteiger partial charge in [-0.05, 0) is 42.7 Å². The monoisotopic (exact) mass is 215 g/mol. The molecule has 0 radical (unpaired) electrons. The molecule has 0 fully saturated rings. The molecule has 0 atom stereocenters. The van der Waals surface area contributed by atoms with Gasteiger partial charge in [0.05, 0.1) is 0 Å². The number of nitroso groups, excluding NO2 is 1. The summed E-state index contributed by atoms with van der Waals surface area (Å²) < 4.78 is 5.65. The number of benzene rings is 1. The normalized spacial score (nSPS) is 14.4. The molecule has 0 unspecified atom stereocenters. The Kier molecular flexibility index (Phi) is 3.49. The minimum atomic E-state index is 0.211. The zero-order chi connectivity index (χ0) is 11.2. The second kappa shape index (κ2) is 5.26. The molecule has 1 aromatic carbocycles. The fourth-order valence-electron chi connectivity index (χ4n) is 1.54. The molecular weight excluding hydrogens is 202 g/mol. The van der Waals surface area contributed by atoms with Gasteiger partial charge in [0.2, 0.25) is 0 Å². The lowest BCUT2D eigenvalue weighted by atomic mass is 10.2. The van der Waals surface area contributed by atoms with Gasteiger partial charge in [-0.1, -0.05) is 23.4 Å². The number of rotatable bonds is 4. The molecule has 3 nitrogen and oxygen atoms in total. The largest absolute Gasteiger partial charge is 0.458 e. The molecule has 3 heteroatoms. The Bertz CT molecular complexity index is 418. The second-order valence-corrected chi connectivity index (χ2v) is 3.62. The molecule has 1 aliphatic carbocycles. The number of nitrogens with zero attached hydrogens (tertiary/aromatic N) is 1. The van der Waals surface area contributed by atoms with Crippen LogP contribution in [-0.4, -0.2) is 0 Å². The van der Waals surface area contributed by atoms with Gasteiger partial charge in [0, 0.05) is 0 Å². The third-order valence-electron chi connectivity index (χ3n) is 2.37. The molecule has 0 aromatic heterocycles. The highest BCUT2D eigenvalue weighted by atomic mass is 16.5. The van der Waals surface area contributed by atoms with E-state index in [4.69, 9.17) is 4.74 Å². The predicted molar refractivity (Wildman–Crippen MR) is 63.0 cm³/mol. The van der Waals surface area contributed by atoms with Gasteiger partial charge in [-0.25, -0.2) is 0 Å². The van der Waals surface area contributed by atoms with E-state index in [0.717, 1.165) is 29.9 Å². The fraction of sp³-hybridized carbons (Fsp3) is 0.231. The topological polar surface area (TPSA) is 38.7 Å². The van der Waals surface area contributed by atoms with Crippen molar-refractivity contribution in [3.63, 3.8) is 0 Å². The lowest BCUT2D eigenvalue weighted by Crippen LogP contribution is -1.95. The van der Waals surface area contributed by atoms with Gasteiger partial charge >= 0.3 is 0 Å². The summed E-state index contributed by atoms with van der Waals surface area (Å²) in [5, 5.41) is 2.84. The van der Waals surface area contributed by atoms with Crippen molar-refractivity contribution in [2.24, 2.45) is 5.18 Å². The van der Waals surface area contributed by atoms with Crippen molar-refractivity contribution in [3.8, 4) is 5.75 Å². The molecule has 16 heavy (non-hydrogen) atoms. The van der Waals surface area contributed by atoms with E-state index in [9.17, 15) is 4.91 Å². The summed E-state index contributed by atoms with van der Waals surface area (Å²) in [6.45, 7) is 0.211. The van der Waals surface area contributed by atoms with Gasteiger partial charge in [-0.15, -0.1) is 0 Å². The van der Waals surface area contributed by atoms with Crippen LogP contribution in [0, 0.1) is 4.91 Å². The molecular formula is C13H13NO2. The molecule has 0 aliphatic heterocycles. The molecule has 0 heterocycles. The van der Waals surface area contributed by atoms with E-state index in [1.807, 2.05) is 30.3 Å². The third-order valence-corrected chi connectivity index (χ3v) is 2.37. The Balaban J connectivity index is 2.02. The molecule has 0 bridgehead atoms. The van der Waals surface area contributed by atoms with Crippen LogP contribution in [0.1, 0.15) is 18.4 Å². The summed E-state index contributed by atoms with van der Waals surface area (Å²) in [5.41, 5.74) is 0.899. The predicted octanol–water partition coefficient (Wildman–Crippen LogP) is 3.57. The average molecular weight is 215 g/mol. The van der Waals surface area contributed by atoms with Gasteiger partial charge in [-0.3, -0.25) is 0 Å². The molecule has 2 rings (SSSR count). The van der Waals surface area contributed by atoms with E-state index in [0.29, 0.717) is 0 Å². The van der Waals surface area contributed by atoms with Gasteiger partial charge in [0.15, 0.2) is 0 Å². The highest BCUT2D eigenvalue weighted by Crippen LogP contribution is 2.18. The van der Waals surface area contributed by atoms with Crippen molar-refractivity contribution >= 4 is 0 Å². The van der Waals surface area contributed by atoms with Crippen LogP contribution >= 0.6 is 0 Å². The van der Waals surface area contributed by atoms with Crippen LogP contribution in [0.25, 0.3) is 0 Å². The van der Waals surface area contributed by atoms with Crippen molar-refractivity contribution in [2.75, 3.05) is 0 Å². The Morgan fingerprint density at radius 2 is 2.00 bits per heavy atom. The second-order valence-electron chi connectivity index (χ2n) is 3.62. The van der Waals surface area contributed by atoms with Gasteiger partial charge in [0.25, 0.3) is 0 Å². The van der Waals surface area contributed by atoms with Crippen LogP contribution in [0.3, 0.4) is 0 Å². The Morgan fingerprint density at radius 3 is 2.62 bits per heavy atom. The zero-order valence-electron chi connectivity index (χ0n) is 8.93. The minimum Gasteiger partial charge on any atom is -0.458 e. The van der Waals surface area contributed by atoms with Crippen LogP contribution in [-0.2, 0) is 6.54 Å². The summed E-state index contributed by atoms with van der Waals surface area (Å²) >= 11 is 0. The van der Waals surface area contributed by atoms with Crippen molar-refractivity contribution in [1.29, 1.82) is 0 Å². The first-order valence-electron chi connectivity index (χ1n) is 5.31. The Hall–Kier alpha value is -1.90. The summed E-state index contributed by atoms with van der Waals surface area (Å²) in [6.07, 6.45) is 8.25. The summed E-state index contributed by atoms with van der Waals surface area (Å²) in [5.74, 6) is 1.67. The molecule has 0 saturated carbocycles. The highest BCUT2D eigenvalue weighted by molar-refractivity contribution is 5.31. The van der Waals surface area contributed by atoms with Gasteiger partial charge in [-0.2, -0.15) is 4.91 Å². The Morgan fingerprint density at radius 1 is 1.19 bits per heavy atom. The van der Waals surface area contributed by atoms with Crippen LogP contribution < -0.4 is 4.74 Å². The van der Waals surface area contributed by atoms with E-state index < -0.39 is 0 Å². The maximum Gasteiger partial charge on any atom is 0.127 e. The third kappa shape index (κ3) is 2.79. The van der Waals surface area contributed by atoms with Crippen LogP contribution in [0.5, 0.6) is 5.75 Å². The minimum absolute atomic E-state index is 0.211. The SMILES string of the molecule is O=NCc1ccc(OC2=CCCC=C2)cc1. The first-order valence-corrected chi connectivity index (χ1v) is 5.31.